The molecule has 2 nitrogen and oxygen atoms in total. The lowest BCUT2D eigenvalue weighted by atomic mass is 9.43. The second kappa shape index (κ2) is 10.8. The second-order valence-corrected chi connectivity index (χ2v) is 17.4. The summed E-state index contributed by atoms with van der Waals surface area (Å²) < 4.78 is 0. The van der Waals surface area contributed by atoms with E-state index in [-0.39, 0.29) is 13.3 Å². The van der Waals surface area contributed by atoms with Crippen LogP contribution in [0.3, 0.4) is 0 Å². The average Bonchev–Trinajstić information content (AvgIpc) is 3.67. The molecule has 6 atom stereocenters. The van der Waals surface area contributed by atoms with E-state index in [9.17, 15) is 0 Å². The minimum absolute atomic E-state index is 0.00991. The molecule has 0 aromatic heterocycles. The van der Waals surface area contributed by atoms with Crippen molar-refractivity contribution >= 4 is 17.2 Å². The van der Waals surface area contributed by atoms with Crippen LogP contribution in [0, 0.1) is 23.7 Å². The van der Waals surface area contributed by atoms with E-state index in [0.717, 1.165) is 35.2 Å². The van der Waals surface area contributed by atoms with Crippen LogP contribution in [-0.4, -0.2) is 30.8 Å². The molecule has 2 aromatic carbocycles. The first-order valence-corrected chi connectivity index (χ1v) is 18.6. The van der Waals surface area contributed by atoms with E-state index < -0.39 is 0 Å². The van der Waals surface area contributed by atoms with Crippen LogP contribution in [0.1, 0.15) is 93.9 Å². The van der Waals surface area contributed by atoms with Gasteiger partial charge in [-0.2, -0.15) is 0 Å². The molecule has 4 bridgehead atoms. The highest BCUT2D eigenvalue weighted by molar-refractivity contribution is 7.58. The Morgan fingerprint density at radius 3 is 2.13 bits per heavy atom. The van der Waals surface area contributed by atoms with Gasteiger partial charge in [-0.15, -0.1) is 9.24 Å². The highest BCUT2D eigenvalue weighted by atomic mass is 31.1. The first-order chi connectivity index (χ1) is 19.0. The van der Waals surface area contributed by atoms with Gasteiger partial charge in [-0.1, -0.05) is 70.3 Å². The molecular formula is C35H50N2P2. The van der Waals surface area contributed by atoms with Gasteiger partial charge in [-0.3, -0.25) is 0 Å². The number of benzene rings is 2. The zero-order valence-electron chi connectivity index (χ0n) is 24.3. The zero-order valence-corrected chi connectivity index (χ0v) is 26.3. The van der Waals surface area contributed by atoms with Crippen LogP contribution in [-0.2, 0) is 17.0 Å². The Labute approximate surface area is 241 Å². The fourth-order valence-corrected chi connectivity index (χ4v) is 14.3. The van der Waals surface area contributed by atoms with E-state index in [4.69, 9.17) is 0 Å². The van der Waals surface area contributed by atoms with Gasteiger partial charge in [0.15, 0.2) is 0 Å². The van der Waals surface area contributed by atoms with Crippen molar-refractivity contribution in [3.05, 3.63) is 70.8 Å². The van der Waals surface area contributed by atoms with Crippen molar-refractivity contribution in [3.63, 3.8) is 0 Å². The molecule has 6 fully saturated rings. The van der Waals surface area contributed by atoms with Crippen molar-refractivity contribution in [2.45, 2.75) is 100 Å². The predicted octanol–water partition coefficient (Wildman–Crippen LogP) is 7.98. The van der Waals surface area contributed by atoms with E-state index >= 15 is 0 Å². The van der Waals surface area contributed by atoms with Gasteiger partial charge in [0.2, 0.25) is 0 Å². The summed E-state index contributed by atoms with van der Waals surface area (Å²) in [7, 11) is 3.06. The molecule has 4 aliphatic carbocycles. The van der Waals surface area contributed by atoms with E-state index in [2.05, 4.69) is 82.3 Å². The molecule has 0 spiro atoms. The fourth-order valence-electron chi connectivity index (χ4n) is 10.1. The van der Waals surface area contributed by atoms with Crippen LogP contribution in [0.15, 0.2) is 48.5 Å². The highest BCUT2D eigenvalue weighted by Gasteiger charge is 2.57. The summed E-state index contributed by atoms with van der Waals surface area (Å²) in [6.07, 6.45) is 15.5. The molecule has 6 aliphatic rings. The minimum atomic E-state index is -0.145. The maximum Gasteiger partial charge on any atom is 0.0286 e. The molecule has 2 N–H and O–H groups in total. The molecule has 210 valence electrons. The Bertz CT molecular complexity index is 1120. The molecule has 4 heteroatoms. The molecule has 2 aliphatic heterocycles. The molecular weight excluding hydrogens is 510 g/mol. The summed E-state index contributed by atoms with van der Waals surface area (Å²) in [5, 5.41) is 7.97. The molecule has 6 unspecified atom stereocenters. The standard InChI is InChI=1S/C35H50N2P2/c1-34(2,28-8-4-3-5-9-28)29-12-13-30(35-20-24-16-25(21-35)18-26(17-24)31(35)22-38)27(19-29)23-39(32-10-6-14-36-32)33-11-7-15-37-33/h3-5,8-9,12-13,19,24-26,31-33,36-37H,6-7,10-11,14-18,20-23,38H2,1-2H3. The van der Waals surface area contributed by atoms with E-state index in [0.29, 0.717) is 5.41 Å². The molecule has 0 amide bonds. The van der Waals surface area contributed by atoms with Gasteiger partial charge in [-0.25, -0.2) is 0 Å². The number of nitrogens with one attached hydrogen (secondary N) is 2. The van der Waals surface area contributed by atoms with Crippen LogP contribution in [0.2, 0.25) is 0 Å². The van der Waals surface area contributed by atoms with Gasteiger partial charge >= 0.3 is 0 Å². The van der Waals surface area contributed by atoms with Crippen LogP contribution < -0.4 is 10.6 Å². The third-order valence-electron chi connectivity index (χ3n) is 11.9. The quantitative estimate of drug-likeness (QED) is 0.320. The summed E-state index contributed by atoms with van der Waals surface area (Å²) in [6.45, 7) is 7.32. The van der Waals surface area contributed by atoms with Crippen LogP contribution in [0.5, 0.6) is 0 Å². The monoisotopic (exact) mass is 560 g/mol. The Kier molecular flexibility index (Phi) is 7.50. The second-order valence-electron chi connectivity index (χ2n) is 14.4. The first kappa shape index (κ1) is 27.1. The largest absolute Gasteiger partial charge is 0.310 e. The van der Waals surface area contributed by atoms with E-state index in [1.165, 1.54) is 94.3 Å². The summed E-state index contributed by atoms with van der Waals surface area (Å²) in [6, 6.07) is 19.2. The molecule has 4 saturated carbocycles. The summed E-state index contributed by atoms with van der Waals surface area (Å²) >= 11 is 0. The van der Waals surface area contributed by atoms with Gasteiger partial charge < -0.3 is 10.6 Å². The molecule has 2 aromatic rings. The van der Waals surface area contributed by atoms with E-state index in [1.54, 1.807) is 11.1 Å². The van der Waals surface area contributed by atoms with Crippen LogP contribution in [0.25, 0.3) is 0 Å². The zero-order chi connectivity index (χ0) is 26.6. The van der Waals surface area contributed by atoms with Crippen molar-refractivity contribution in [3.8, 4) is 0 Å². The smallest absolute Gasteiger partial charge is 0.0286 e. The summed E-state index contributed by atoms with van der Waals surface area (Å²) in [4.78, 5) is 0. The Morgan fingerprint density at radius 1 is 0.872 bits per heavy atom. The molecule has 8 rings (SSSR count). The van der Waals surface area contributed by atoms with Gasteiger partial charge in [0.05, 0.1) is 0 Å². The first-order valence-electron chi connectivity index (χ1n) is 16.1. The Hall–Kier alpha value is -0.780. The van der Waals surface area contributed by atoms with Crippen molar-refractivity contribution in [1.82, 2.24) is 10.6 Å². The lowest BCUT2D eigenvalue weighted by Crippen LogP contribution is -2.56. The molecule has 39 heavy (non-hydrogen) atoms. The third kappa shape index (κ3) is 4.79. The normalized spacial score (nSPS) is 36.5. The third-order valence-corrected chi connectivity index (χ3v) is 15.6. The number of rotatable bonds is 8. The van der Waals surface area contributed by atoms with Crippen LogP contribution >= 0.6 is 17.2 Å². The average molecular weight is 561 g/mol. The van der Waals surface area contributed by atoms with Crippen molar-refractivity contribution < 1.29 is 0 Å². The van der Waals surface area contributed by atoms with Gasteiger partial charge in [-0.05, 0) is 135 Å². The maximum absolute atomic E-state index is 3.98. The van der Waals surface area contributed by atoms with Crippen molar-refractivity contribution in [1.29, 1.82) is 0 Å². The molecule has 0 radical (unpaired) electrons. The van der Waals surface area contributed by atoms with Gasteiger partial charge in [0, 0.05) is 17.0 Å². The lowest BCUT2D eigenvalue weighted by Gasteiger charge is -2.62. The molecule has 2 saturated heterocycles. The van der Waals surface area contributed by atoms with Gasteiger partial charge in [0.1, 0.15) is 0 Å². The Balaban J connectivity index is 1.34. The highest BCUT2D eigenvalue weighted by Crippen LogP contribution is 2.65. The number of hydrogen-bond donors (Lipinski definition) is 2. The minimum Gasteiger partial charge on any atom is -0.310 e. The van der Waals surface area contributed by atoms with Crippen LogP contribution in [0.4, 0.5) is 0 Å². The maximum atomic E-state index is 3.98. The van der Waals surface area contributed by atoms with E-state index in [1.807, 2.05) is 0 Å². The SMILES string of the molecule is CC(C)(c1ccccc1)c1ccc(C23CC4CC(CC(C4)C2CP)C3)c(CP(C2CCCN2)C2CCCN2)c1. The summed E-state index contributed by atoms with van der Waals surface area (Å²) in [5.41, 5.74) is 6.87. The lowest BCUT2D eigenvalue weighted by molar-refractivity contribution is -0.0520. The van der Waals surface area contributed by atoms with Gasteiger partial charge in [0.25, 0.3) is 0 Å². The van der Waals surface area contributed by atoms with Crippen molar-refractivity contribution in [2.24, 2.45) is 23.7 Å². The number of hydrogen-bond acceptors (Lipinski definition) is 2. The molecule has 2 heterocycles. The Morgan fingerprint density at radius 2 is 1.54 bits per heavy atom. The van der Waals surface area contributed by atoms with Crippen molar-refractivity contribution in [2.75, 3.05) is 19.3 Å². The fraction of sp³-hybridized carbons (Fsp3) is 0.657. The predicted molar refractivity (Wildman–Crippen MR) is 171 cm³/mol. The topological polar surface area (TPSA) is 24.1 Å². The summed E-state index contributed by atoms with van der Waals surface area (Å²) in [5.74, 6) is 5.20.